The minimum Gasteiger partial charge on any atom is -0.380 e. The number of hydrogen-bond donors (Lipinski definition) is 3. The number of benzene rings is 2. The molecule has 2 aliphatic heterocycles. The number of aromatic amines is 1. The van der Waals surface area contributed by atoms with Crippen molar-refractivity contribution in [2.24, 2.45) is 11.8 Å². The van der Waals surface area contributed by atoms with Crippen LogP contribution < -0.4 is 15.5 Å². The smallest absolute Gasteiger partial charge is 0.270 e. The number of ether oxygens (including phenoxy) is 1. The molecule has 7 rings (SSSR count). The molecule has 258 valence electrons. The molecule has 4 atom stereocenters. The Bertz CT molecular complexity index is 1890. The van der Waals surface area contributed by atoms with Crippen molar-refractivity contribution in [3.8, 4) is 0 Å². The van der Waals surface area contributed by atoms with Gasteiger partial charge >= 0.3 is 0 Å². The number of hydrogen-bond acceptors (Lipinski definition) is 6. The van der Waals surface area contributed by atoms with E-state index in [1.807, 2.05) is 50.2 Å². The fraction of sp³-hybridized carbons (Fsp3) is 0.486. The first kappa shape index (κ1) is 33.3. The number of imidazole rings is 1. The van der Waals surface area contributed by atoms with Crippen LogP contribution in [0.25, 0.3) is 11.0 Å². The molecule has 0 radical (unpaired) electrons. The number of halogens is 1. The van der Waals surface area contributed by atoms with Crippen LogP contribution in [0.5, 0.6) is 0 Å². The van der Waals surface area contributed by atoms with E-state index in [2.05, 4.69) is 34.6 Å². The van der Waals surface area contributed by atoms with Crippen molar-refractivity contribution in [3.63, 3.8) is 0 Å². The molecule has 1 saturated heterocycles. The maximum atomic E-state index is 14.5. The molecule has 2 fully saturated rings. The Morgan fingerprint density at radius 2 is 1.96 bits per heavy atom. The summed E-state index contributed by atoms with van der Waals surface area (Å²) >= 11 is 6.80. The summed E-state index contributed by atoms with van der Waals surface area (Å²) in [7, 11) is 0. The Morgan fingerprint density at radius 1 is 1.16 bits per heavy atom. The van der Waals surface area contributed by atoms with Crippen molar-refractivity contribution in [2.75, 3.05) is 24.7 Å². The number of H-pyrrole nitrogens is 1. The van der Waals surface area contributed by atoms with E-state index in [9.17, 15) is 14.4 Å². The summed E-state index contributed by atoms with van der Waals surface area (Å²) in [4.78, 5) is 52.4. The maximum absolute atomic E-state index is 14.5. The number of nitrogens with zero attached hydrogens (tertiary/aromatic N) is 4. The molecule has 3 aliphatic rings. The molecule has 49 heavy (non-hydrogen) atoms. The lowest BCUT2D eigenvalue weighted by Crippen LogP contribution is -2.56. The van der Waals surface area contributed by atoms with Gasteiger partial charge < -0.3 is 20.4 Å². The normalized spacial score (nSPS) is 20.9. The molecule has 2 aromatic carbocycles. The number of fused-ring (bicyclic) bond motifs is 3. The van der Waals surface area contributed by atoms with E-state index in [0.717, 1.165) is 35.9 Å². The number of nitrogens with one attached hydrogen (secondary N) is 3. The highest BCUT2D eigenvalue weighted by Gasteiger charge is 2.57. The molecular weight excluding hydrogens is 642 g/mol. The van der Waals surface area contributed by atoms with Gasteiger partial charge in [0.2, 0.25) is 11.8 Å². The van der Waals surface area contributed by atoms with Crippen LogP contribution in [0.1, 0.15) is 92.8 Å². The molecule has 1 unspecified atom stereocenters. The SMILES string of the molecule is CCNC(=O)[C@@H](C1CCC1)N1C(=O)C2(CCOC2)c2cc3[nH]c([C@@H](NC(=O)c4ccnn4CC)[C@H](c4ccccc4Cl)C(C)C)nc3cc21. The quantitative estimate of drug-likeness (QED) is 0.187. The number of rotatable bonds is 11. The first-order valence-electron chi connectivity index (χ1n) is 17.5. The van der Waals surface area contributed by atoms with Gasteiger partial charge in [-0.3, -0.25) is 24.0 Å². The van der Waals surface area contributed by atoms with Gasteiger partial charge in [0.25, 0.3) is 5.91 Å². The van der Waals surface area contributed by atoms with Gasteiger partial charge in [-0.1, -0.05) is 50.1 Å². The van der Waals surface area contributed by atoms with Crippen LogP contribution in [-0.2, 0) is 26.3 Å². The van der Waals surface area contributed by atoms with Crippen LogP contribution in [0, 0.1) is 11.8 Å². The van der Waals surface area contributed by atoms with Crippen LogP contribution >= 0.6 is 11.6 Å². The van der Waals surface area contributed by atoms with Crippen LogP contribution in [0.15, 0.2) is 48.7 Å². The van der Waals surface area contributed by atoms with E-state index in [1.165, 1.54) is 0 Å². The van der Waals surface area contributed by atoms with E-state index in [1.54, 1.807) is 21.8 Å². The van der Waals surface area contributed by atoms with Crippen molar-refractivity contribution in [3.05, 3.63) is 76.3 Å². The van der Waals surface area contributed by atoms with Crippen molar-refractivity contribution in [2.45, 2.75) is 83.3 Å². The van der Waals surface area contributed by atoms with E-state index < -0.39 is 17.5 Å². The predicted octanol–water partition coefficient (Wildman–Crippen LogP) is 5.65. The molecule has 1 aliphatic carbocycles. The Labute approximate surface area is 291 Å². The van der Waals surface area contributed by atoms with E-state index in [0.29, 0.717) is 53.9 Å². The Balaban J connectivity index is 1.37. The summed E-state index contributed by atoms with van der Waals surface area (Å²) < 4.78 is 7.54. The fourth-order valence-electron chi connectivity index (χ4n) is 8.04. The van der Waals surface area contributed by atoms with Gasteiger partial charge in [0, 0.05) is 36.8 Å². The first-order chi connectivity index (χ1) is 23.7. The highest BCUT2D eigenvalue weighted by molar-refractivity contribution is 6.31. The third kappa shape index (κ3) is 5.60. The number of aromatic nitrogens is 4. The molecule has 1 saturated carbocycles. The summed E-state index contributed by atoms with van der Waals surface area (Å²) in [6, 6.07) is 12.2. The topological polar surface area (TPSA) is 134 Å². The van der Waals surface area contributed by atoms with Gasteiger partial charge in [-0.05, 0) is 80.3 Å². The molecular formula is C37H44ClN7O4. The minimum atomic E-state index is -0.868. The van der Waals surface area contributed by atoms with Crippen LogP contribution in [0.2, 0.25) is 5.02 Å². The van der Waals surface area contributed by atoms with Crippen LogP contribution in [-0.4, -0.2) is 63.3 Å². The molecule has 3 amide bonds. The number of anilines is 1. The van der Waals surface area contributed by atoms with Crippen molar-refractivity contribution in [1.82, 2.24) is 30.4 Å². The number of aryl methyl sites for hydroxylation is 1. The zero-order valence-electron chi connectivity index (χ0n) is 28.5. The van der Waals surface area contributed by atoms with Gasteiger partial charge in [-0.25, -0.2) is 4.98 Å². The minimum absolute atomic E-state index is 0.0619. The molecule has 12 heteroatoms. The van der Waals surface area contributed by atoms with Gasteiger partial charge in [-0.2, -0.15) is 5.10 Å². The summed E-state index contributed by atoms with van der Waals surface area (Å²) in [5.74, 6) is 0.00971. The Morgan fingerprint density at radius 3 is 2.61 bits per heavy atom. The lowest BCUT2D eigenvalue weighted by atomic mass is 9.78. The van der Waals surface area contributed by atoms with Gasteiger partial charge in [0.05, 0.1) is 29.4 Å². The summed E-state index contributed by atoms with van der Waals surface area (Å²) in [5.41, 5.74) is 3.44. The van der Waals surface area contributed by atoms with Crippen LogP contribution in [0.4, 0.5) is 5.69 Å². The average Bonchev–Trinajstić information content (AvgIpc) is 3.86. The standard InChI is InChI=1S/C37H44ClN7O4/c1-5-39-35(47)32(22-10-9-11-22)45-29-19-27-26(18-24(29)37(36(45)48)15-17-49-20-37)41-33(42-27)31(43-34(46)28-14-16-40-44(28)6-2)30(21(3)4)23-12-7-8-13-25(23)38/h7-8,12-14,16,18-19,21-22,30-32H,5-6,9-11,15,17,20H2,1-4H3,(H,39,47)(H,41,42)(H,43,46)/t30-,31-,32+,37?/m0/s1. The zero-order valence-corrected chi connectivity index (χ0v) is 29.2. The van der Waals surface area contributed by atoms with Gasteiger partial charge in [-0.15, -0.1) is 0 Å². The molecule has 2 aromatic heterocycles. The van der Waals surface area contributed by atoms with E-state index in [-0.39, 0.29) is 42.1 Å². The highest BCUT2D eigenvalue weighted by atomic mass is 35.5. The highest BCUT2D eigenvalue weighted by Crippen LogP contribution is 2.51. The van der Waals surface area contributed by atoms with Gasteiger partial charge in [0.15, 0.2) is 0 Å². The number of carbonyl (C=O) groups excluding carboxylic acids is 3. The summed E-state index contributed by atoms with van der Waals surface area (Å²) in [6.45, 7) is 9.82. The van der Waals surface area contributed by atoms with Crippen molar-refractivity contribution < 1.29 is 19.1 Å². The Kier molecular flexibility index (Phi) is 9.00. The second-order valence-corrected chi connectivity index (χ2v) is 14.3. The number of carbonyl (C=O) groups is 3. The average molecular weight is 686 g/mol. The Hall–Kier alpha value is -4.22. The second kappa shape index (κ2) is 13.2. The number of amides is 3. The molecule has 4 aromatic rings. The molecule has 3 N–H and O–H groups in total. The van der Waals surface area contributed by atoms with Gasteiger partial charge in [0.1, 0.15) is 23.0 Å². The lowest BCUT2D eigenvalue weighted by molar-refractivity contribution is -0.130. The largest absolute Gasteiger partial charge is 0.380 e. The van der Waals surface area contributed by atoms with Crippen LogP contribution in [0.3, 0.4) is 0 Å². The summed E-state index contributed by atoms with van der Waals surface area (Å²) in [5, 5.41) is 11.2. The first-order valence-corrected chi connectivity index (χ1v) is 17.9. The fourth-order valence-corrected chi connectivity index (χ4v) is 8.30. The third-order valence-electron chi connectivity index (χ3n) is 10.7. The molecule has 1 spiro atoms. The number of likely N-dealkylation sites (N-methyl/N-ethyl adjacent to an activating group) is 1. The molecule has 0 bridgehead atoms. The molecule has 11 nitrogen and oxygen atoms in total. The monoisotopic (exact) mass is 685 g/mol. The predicted molar refractivity (Wildman–Crippen MR) is 188 cm³/mol. The van der Waals surface area contributed by atoms with Crippen molar-refractivity contribution in [1.29, 1.82) is 0 Å². The zero-order chi connectivity index (χ0) is 34.4. The maximum Gasteiger partial charge on any atom is 0.270 e. The third-order valence-corrected chi connectivity index (χ3v) is 11.1. The van der Waals surface area contributed by atoms with E-state index in [4.69, 9.17) is 21.3 Å². The summed E-state index contributed by atoms with van der Waals surface area (Å²) in [6.07, 6.45) is 5.00. The second-order valence-electron chi connectivity index (χ2n) is 13.9. The van der Waals surface area contributed by atoms with Crippen molar-refractivity contribution >= 4 is 46.0 Å². The molecule has 4 heterocycles. The lowest BCUT2D eigenvalue weighted by Gasteiger charge is -2.39. The van der Waals surface area contributed by atoms with E-state index >= 15 is 0 Å².